The first-order valence-electron chi connectivity index (χ1n) is 6.07. The normalized spacial score (nSPS) is 11.4. The Hall–Kier alpha value is -1.71. The lowest BCUT2D eigenvalue weighted by atomic mass is 9.97. The minimum atomic E-state index is 0.212. The molecular weight excluding hydrogens is 240 g/mol. The van der Waals surface area contributed by atoms with Crippen molar-refractivity contribution in [2.24, 2.45) is 0 Å². The van der Waals surface area contributed by atoms with Crippen LogP contribution < -0.4 is 0 Å². The summed E-state index contributed by atoms with van der Waals surface area (Å²) in [6, 6.07) is 20.4. The highest BCUT2D eigenvalue weighted by atomic mass is 35.5. The Morgan fingerprint density at radius 2 is 1.50 bits per heavy atom. The van der Waals surface area contributed by atoms with Gasteiger partial charge in [0.15, 0.2) is 0 Å². The molecule has 0 aromatic heterocycles. The van der Waals surface area contributed by atoms with E-state index in [1.54, 1.807) is 0 Å². The van der Waals surface area contributed by atoms with Gasteiger partial charge in [-0.05, 0) is 24.1 Å². The zero-order valence-corrected chi connectivity index (χ0v) is 10.9. The second kappa shape index (κ2) is 6.89. The van der Waals surface area contributed by atoms with Crippen LogP contribution in [-0.4, -0.2) is 5.88 Å². The Morgan fingerprint density at radius 1 is 0.889 bits per heavy atom. The molecule has 0 saturated carbocycles. The Bertz CT molecular complexity index is 520. The summed E-state index contributed by atoms with van der Waals surface area (Å²) < 4.78 is 0. The van der Waals surface area contributed by atoms with Crippen LogP contribution in [0.4, 0.5) is 0 Å². The van der Waals surface area contributed by atoms with E-state index in [0.29, 0.717) is 5.88 Å². The first-order valence-corrected chi connectivity index (χ1v) is 6.61. The average Bonchev–Trinajstić information content (AvgIpc) is 2.45. The van der Waals surface area contributed by atoms with Crippen molar-refractivity contribution >= 4 is 11.6 Å². The zero-order valence-electron chi connectivity index (χ0n) is 10.1. The Kier molecular flexibility index (Phi) is 4.88. The van der Waals surface area contributed by atoms with Crippen LogP contribution in [0, 0.1) is 11.8 Å². The standard InChI is InChI=1S/C17H15Cl/c18-14-13-17(16-9-5-2-6-10-16)12-11-15-7-3-1-4-8-15/h1-10,17H,13-14H2/t17-/m1/s1. The van der Waals surface area contributed by atoms with Crippen LogP contribution in [0.1, 0.15) is 23.5 Å². The van der Waals surface area contributed by atoms with E-state index in [1.165, 1.54) is 5.56 Å². The number of benzene rings is 2. The topological polar surface area (TPSA) is 0 Å². The van der Waals surface area contributed by atoms with Gasteiger partial charge in [0.1, 0.15) is 0 Å². The summed E-state index contributed by atoms with van der Waals surface area (Å²) in [4.78, 5) is 0. The molecule has 1 atom stereocenters. The smallest absolute Gasteiger partial charge is 0.0467 e. The molecule has 0 spiro atoms. The van der Waals surface area contributed by atoms with Crippen LogP contribution in [0.25, 0.3) is 0 Å². The molecule has 2 aromatic rings. The molecule has 0 saturated heterocycles. The van der Waals surface area contributed by atoms with Gasteiger partial charge in [-0.1, -0.05) is 60.4 Å². The van der Waals surface area contributed by atoms with Gasteiger partial charge in [-0.3, -0.25) is 0 Å². The second-order valence-electron chi connectivity index (χ2n) is 4.08. The summed E-state index contributed by atoms with van der Waals surface area (Å²) in [6.07, 6.45) is 0.880. The van der Waals surface area contributed by atoms with Gasteiger partial charge in [0.05, 0.1) is 0 Å². The third kappa shape index (κ3) is 3.65. The van der Waals surface area contributed by atoms with Gasteiger partial charge in [-0.15, -0.1) is 11.6 Å². The van der Waals surface area contributed by atoms with Gasteiger partial charge in [-0.25, -0.2) is 0 Å². The van der Waals surface area contributed by atoms with E-state index >= 15 is 0 Å². The van der Waals surface area contributed by atoms with Crippen molar-refractivity contribution < 1.29 is 0 Å². The van der Waals surface area contributed by atoms with Crippen molar-refractivity contribution in [3.8, 4) is 11.8 Å². The highest BCUT2D eigenvalue weighted by Gasteiger charge is 2.06. The van der Waals surface area contributed by atoms with Crippen molar-refractivity contribution in [3.05, 3.63) is 71.8 Å². The summed E-state index contributed by atoms with van der Waals surface area (Å²) in [5, 5.41) is 0. The molecule has 2 rings (SSSR count). The van der Waals surface area contributed by atoms with Gasteiger partial charge in [-0.2, -0.15) is 0 Å². The molecule has 18 heavy (non-hydrogen) atoms. The van der Waals surface area contributed by atoms with Crippen LogP contribution in [0.5, 0.6) is 0 Å². The molecule has 0 amide bonds. The highest BCUT2D eigenvalue weighted by Crippen LogP contribution is 2.19. The van der Waals surface area contributed by atoms with Gasteiger partial charge in [0.25, 0.3) is 0 Å². The second-order valence-corrected chi connectivity index (χ2v) is 4.45. The third-order valence-electron chi connectivity index (χ3n) is 2.76. The molecule has 0 radical (unpaired) electrons. The summed E-state index contributed by atoms with van der Waals surface area (Å²) in [7, 11) is 0. The van der Waals surface area contributed by atoms with E-state index in [9.17, 15) is 0 Å². The third-order valence-corrected chi connectivity index (χ3v) is 2.98. The minimum absolute atomic E-state index is 0.212. The van der Waals surface area contributed by atoms with Crippen LogP contribution >= 0.6 is 11.6 Å². The van der Waals surface area contributed by atoms with E-state index in [1.807, 2.05) is 48.5 Å². The first-order chi connectivity index (χ1) is 8.90. The van der Waals surface area contributed by atoms with Gasteiger partial charge in [0, 0.05) is 17.4 Å². The maximum Gasteiger partial charge on any atom is 0.0467 e. The van der Waals surface area contributed by atoms with Crippen molar-refractivity contribution in [3.63, 3.8) is 0 Å². The number of rotatable bonds is 3. The molecule has 0 aliphatic heterocycles. The van der Waals surface area contributed by atoms with Crippen molar-refractivity contribution in [1.82, 2.24) is 0 Å². The molecule has 0 aliphatic carbocycles. The van der Waals surface area contributed by atoms with Crippen LogP contribution in [0.15, 0.2) is 60.7 Å². The first kappa shape index (κ1) is 12.7. The van der Waals surface area contributed by atoms with Crippen molar-refractivity contribution in [2.45, 2.75) is 12.3 Å². The summed E-state index contributed by atoms with van der Waals surface area (Å²) in [5.41, 5.74) is 2.29. The molecule has 0 aliphatic rings. The number of alkyl halides is 1. The largest absolute Gasteiger partial charge is 0.127 e. The summed E-state index contributed by atoms with van der Waals surface area (Å²) in [6.45, 7) is 0. The van der Waals surface area contributed by atoms with Crippen molar-refractivity contribution in [2.75, 3.05) is 5.88 Å². The molecule has 0 bridgehead atoms. The monoisotopic (exact) mass is 254 g/mol. The number of halogens is 1. The fourth-order valence-electron chi connectivity index (χ4n) is 1.81. The van der Waals surface area contributed by atoms with Crippen LogP contribution in [0.2, 0.25) is 0 Å². The zero-order chi connectivity index (χ0) is 12.6. The molecule has 0 unspecified atom stereocenters. The highest BCUT2D eigenvalue weighted by molar-refractivity contribution is 6.17. The SMILES string of the molecule is ClCC[C@@H](C#Cc1ccccc1)c1ccccc1. The van der Waals surface area contributed by atoms with E-state index in [2.05, 4.69) is 24.0 Å². The lowest BCUT2D eigenvalue weighted by molar-refractivity contribution is 0.836. The predicted molar refractivity (Wildman–Crippen MR) is 77.8 cm³/mol. The molecule has 90 valence electrons. The molecule has 0 heterocycles. The molecule has 2 aromatic carbocycles. The minimum Gasteiger partial charge on any atom is -0.127 e. The van der Waals surface area contributed by atoms with Gasteiger partial charge >= 0.3 is 0 Å². The fourth-order valence-corrected chi connectivity index (χ4v) is 2.03. The van der Waals surface area contributed by atoms with Crippen LogP contribution in [0.3, 0.4) is 0 Å². The van der Waals surface area contributed by atoms with Crippen molar-refractivity contribution in [1.29, 1.82) is 0 Å². The quantitative estimate of drug-likeness (QED) is 0.561. The molecule has 1 heteroatoms. The Morgan fingerprint density at radius 3 is 2.11 bits per heavy atom. The average molecular weight is 255 g/mol. The lowest BCUT2D eigenvalue weighted by Gasteiger charge is -2.08. The summed E-state index contributed by atoms with van der Waals surface area (Å²) in [5.74, 6) is 7.38. The van der Waals surface area contributed by atoms with E-state index in [4.69, 9.17) is 11.6 Å². The maximum absolute atomic E-state index is 5.86. The van der Waals surface area contributed by atoms with Gasteiger partial charge < -0.3 is 0 Å². The Balaban J connectivity index is 2.20. The van der Waals surface area contributed by atoms with E-state index < -0.39 is 0 Å². The lowest BCUT2D eigenvalue weighted by Crippen LogP contribution is -1.96. The summed E-state index contributed by atoms with van der Waals surface area (Å²) >= 11 is 5.86. The number of hydrogen-bond acceptors (Lipinski definition) is 0. The Labute approximate surface area is 114 Å². The molecular formula is C17H15Cl. The van der Waals surface area contributed by atoms with Gasteiger partial charge in [0.2, 0.25) is 0 Å². The molecule has 0 N–H and O–H groups in total. The molecule has 0 fully saturated rings. The van der Waals surface area contributed by atoms with Crippen LogP contribution in [-0.2, 0) is 0 Å². The van der Waals surface area contributed by atoms with E-state index in [-0.39, 0.29) is 5.92 Å². The fraction of sp³-hybridized carbons (Fsp3) is 0.176. The molecule has 0 nitrogen and oxygen atoms in total. The van der Waals surface area contributed by atoms with E-state index in [0.717, 1.165) is 12.0 Å². The number of hydrogen-bond donors (Lipinski definition) is 0. The maximum atomic E-state index is 5.86. The predicted octanol–water partition coefficient (Wildman–Crippen LogP) is 4.45.